The number of urea groups is 1. The predicted molar refractivity (Wildman–Crippen MR) is 90.6 cm³/mol. The van der Waals surface area contributed by atoms with Gasteiger partial charge in [0.25, 0.3) is 5.91 Å². The molecule has 3 rings (SSSR count). The van der Waals surface area contributed by atoms with Crippen LogP contribution in [-0.4, -0.2) is 47.5 Å². The third kappa shape index (κ3) is 4.32. The van der Waals surface area contributed by atoms with Crippen molar-refractivity contribution in [2.24, 2.45) is 0 Å². The highest BCUT2D eigenvalue weighted by Crippen LogP contribution is 2.13. The van der Waals surface area contributed by atoms with Crippen molar-refractivity contribution < 1.29 is 14.0 Å². The zero-order valence-electron chi connectivity index (χ0n) is 13.6. The normalized spacial score (nSPS) is 14.9. The molecule has 25 heavy (non-hydrogen) atoms. The maximum Gasteiger partial charge on any atom is 0.317 e. The SMILES string of the molecule is O=C(NC[C@@H](Cc1cccc(F)c1)N1CCNC1=O)c1ccncc1. The Morgan fingerprint density at radius 2 is 2.12 bits per heavy atom. The van der Waals surface area contributed by atoms with Crippen LogP contribution in [0.1, 0.15) is 15.9 Å². The van der Waals surface area contributed by atoms with Gasteiger partial charge >= 0.3 is 6.03 Å². The molecule has 0 aliphatic carbocycles. The van der Waals surface area contributed by atoms with Crippen molar-refractivity contribution in [2.75, 3.05) is 19.6 Å². The molecule has 7 heteroatoms. The van der Waals surface area contributed by atoms with E-state index in [1.807, 2.05) is 6.07 Å². The summed E-state index contributed by atoms with van der Waals surface area (Å²) in [4.78, 5) is 29.8. The fourth-order valence-electron chi connectivity index (χ4n) is 2.88. The number of pyridine rings is 1. The Labute approximate surface area is 145 Å². The van der Waals surface area contributed by atoms with Crippen LogP contribution in [0.5, 0.6) is 0 Å². The van der Waals surface area contributed by atoms with Crippen LogP contribution in [0, 0.1) is 5.82 Å². The van der Waals surface area contributed by atoms with Crippen molar-refractivity contribution >= 4 is 11.9 Å². The second kappa shape index (κ2) is 7.74. The molecule has 1 aromatic heterocycles. The lowest BCUT2D eigenvalue weighted by atomic mass is 10.0. The van der Waals surface area contributed by atoms with Crippen molar-refractivity contribution in [3.8, 4) is 0 Å². The molecule has 3 amide bonds. The van der Waals surface area contributed by atoms with Gasteiger partial charge in [-0.25, -0.2) is 9.18 Å². The van der Waals surface area contributed by atoms with Gasteiger partial charge in [-0.1, -0.05) is 12.1 Å². The van der Waals surface area contributed by atoms with E-state index in [-0.39, 0.29) is 30.3 Å². The second-order valence-corrected chi connectivity index (χ2v) is 5.86. The van der Waals surface area contributed by atoms with Crippen molar-refractivity contribution in [3.63, 3.8) is 0 Å². The van der Waals surface area contributed by atoms with Crippen LogP contribution in [0.4, 0.5) is 9.18 Å². The van der Waals surface area contributed by atoms with Gasteiger partial charge in [-0.15, -0.1) is 0 Å². The van der Waals surface area contributed by atoms with Crippen molar-refractivity contribution in [1.82, 2.24) is 20.5 Å². The minimum Gasteiger partial charge on any atom is -0.350 e. The molecule has 0 bridgehead atoms. The number of halogens is 1. The number of hydrogen-bond donors (Lipinski definition) is 2. The number of nitrogens with zero attached hydrogens (tertiary/aromatic N) is 2. The molecule has 2 N–H and O–H groups in total. The van der Waals surface area contributed by atoms with E-state index in [1.165, 1.54) is 12.1 Å². The summed E-state index contributed by atoms with van der Waals surface area (Å²) in [7, 11) is 0. The number of aromatic nitrogens is 1. The van der Waals surface area contributed by atoms with E-state index in [0.717, 1.165) is 5.56 Å². The average molecular weight is 342 g/mol. The zero-order valence-corrected chi connectivity index (χ0v) is 13.6. The highest BCUT2D eigenvalue weighted by molar-refractivity contribution is 5.94. The Balaban J connectivity index is 1.70. The van der Waals surface area contributed by atoms with Crippen LogP contribution in [0.15, 0.2) is 48.8 Å². The van der Waals surface area contributed by atoms with Gasteiger partial charge in [-0.3, -0.25) is 9.78 Å². The van der Waals surface area contributed by atoms with Crippen molar-refractivity contribution in [3.05, 3.63) is 65.7 Å². The highest BCUT2D eigenvalue weighted by atomic mass is 19.1. The summed E-state index contributed by atoms with van der Waals surface area (Å²) in [5.74, 6) is -0.547. The van der Waals surface area contributed by atoms with Crippen LogP contribution < -0.4 is 10.6 Å². The Morgan fingerprint density at radius 3 is 2.80 bits per heavy atom. The summed E-state index contributed by atoms with van der Waals surface area (Å²) in [6.07, 6.45) is 3.56. The summed E-state index contributed by atoms with van der Waals surface area (Å²) >= 11 is 0. The molecule has 130 valence electrons. The third-order valence-corrected chi connectivity index (χ3v) is 4.13. The number of nitrogens with one attached hydrogen (secondary N) is 2. The summed E-state index contributed by atoms with van der Waals surface area (Å²) in [6.45, 7) is 1.41. The molecule has 1 aliphatic rings. The van der Waals surface area contributed by atoms with E-state index in [2.05, 4.69) is 15.6 Å². The fraction of sp³-hybridized carbons (Fsp3) is 0.278. The largest absolute Gasteiger partial charge is 0.350 e. The van der Waals surface area contributed by atoms with Gasteiger partial charge in [-0.05, 0) is 36.2 Å². The molecule has 0 unspecified atom stereocenters. The summed E-state index contributed by atoms with van der Waals surface area (Å²) in [5.41, 5.74) is 1.29. The molecule has 2 heterocycles. The third-order valence-electron chi connectivity index (χ3n) is 4.13. The number of hydrogen-bond acceptors (Lipinski definition) is 3. The topological polar surface area (TPSA) is 74.3 Å². The van der Waals surface area contributed by atoms with Gasteiger partial charge in [0.1, 0.15) is 5.82 Å². The standard InChI is InChI=1S/C18H19FN4O2/c19-15-3-1-2-13(10-15)11-16(23-9-8-21-18(23)25)12-22-17(24)14-4-6-20-7-5-14/h1-7,10,16H,8-9,11-12H2,(H,21,25)(H,22,24)/t16-/m1/s1. The van der Waals surface area contributed by atoms with Gasteiger partial charge in [0, 0.05) is 37.6 Å². The van der Waals surface area contributed by atoms with E-state index in [9.17, 15) is 14.0 Å². The minimum absolute atomic E-state index is 0.167. The van der Waals surface area contributed by atoms with E-state index < -0.39 is 0 Å². The molecule has 1 aromatic carbocycles. The first-order chi connectivity index (χ1) is 12.1. The molecule has 1 atom stereocenters. The number of rotatable bonds is 6. The van der Waals surface area contributed by atoms with Crippen molar-refractivity contribution in [2.45, 2.75) is 12.5 Å². The first-order valence-corrected chi connectivity index (χ1v) is 8.10. The number of carbonyl (C=O) groups is 2. The van der Waals surface area contributed by atoms with E-state index >= 15 is 0 Å². The summed E-state index contributed by atoms with van der Waals surface area (Å²) in [5, 5.41) is 5.61. The Kier molecular flexibility index (Phi) is 5.23. The van der Waals surface area contributed by atoms with Crippen molar-refractivity contribution in [1.29, 1.82) is 0 Å². The molecule has 2 aromatic rings. The number of amides is 3. The Morgan fingerprint density at radius 1 is 1.32 bits per heavy atom. The fourth-order valence-corrected chi connectivity index (χ4v) is 2.88. The van der Waals surface area contributed by atoms with Crippen LogP contribution >= 0.6 is 0 Å². The average Bonchev–Trinajstić information content (AvgIpc) is 3.05. The van der Waals surface area contributed by atoms with Crippen LogP contribution in [0.25, 0.3) is 0 Å². The van der Waals surface area contributed by atoms with Gasteiger partial charge in [-0.2, -0.15) is 0 Å². The Hall–Kier alpha value is -2.96. The van der Waals surface area contributed by atoms with Gasteiger partial charge in [0.15, 0.2) is 0 Å². The van der Waals surface area contributed by atoms with Gasteiger partial charge in [0.2, 0.25) is 0 Å². The first kappa shape index (κ1) is 16.9. The summed E-state index contributed by atoms with van der Waals surface area (Å²) in [6, 6.07) is 9.11. The lowest BCUT2D eigenvalue weighted by molar-refractivity contribution is 0.0940. The van der Waals surface area contributed by atoms with E-state index in [0.29, 0.717) is 25.1 Å². The minimum atomic E-state index is -0.317. The first-order valence-electron chi connectivity index (χ1n) is 8.10. The number of benzene rings is 1. The molecule has 6 nitrogen and oxygen atoms in total. The highest BCUT2D eigenvalue weighted by Gasteiger charge is 2.28. The van der Waals surface area contributed by atoms with Crippen LogP contribution in [0.3, 0.4) is 0 Å². The number of carbonyl (C=O) groups excluding carboxylic acids is 2. The summed E-state index contributed by atoms with van der Waals surface area (Å²) < 4.78 is 13.4. The van der Waals surface area contributed by atoms with Crippen LogP contribution in [-0.2, 0) is 6.42 Å². The predicted octanol–water partition coefficient (Wildman–Crippen LogP) is 1.59. The molecule has 1 saturated heterocycles. The van der Waals surface area contributed by atoms with Gasteiger partial charge in [0.05, 0.1) is 6.04 Å². The monoisotopic (exact) mass is 342 g/mol. The molecular weight excluding hydrogens is 323 g/mol. The molecule has 1 fully saturated rings. The molecule has 0 spiro atoms. The van der Waals surface area contributed by atoms with E-state index in [4.69, 9.17) is 0 Å². The molecule has 1 aliphatic heterocycles. The molecule has 0 saturated carbocycles. The van der Waals surface area contributed by atoms with E-state index in [1.54, 1.807) is 35.5 Å². The quantitative estimate of drug-likeness (QED) is 0.837. The zero-order chi connectivity index (χ0) is 17.6. The maximum atomic E-state index is 13.4. The Bertz CT molecular complexity index is 754. The smallest absolute Gasteiger partial charge is 0.317 e. The molecule has 0 radical (unpaired) electrons. The lowest BCUT2D eigenvalue weighted by Gasteiger charge is -2.27. The van der Waals surface area contributed by atoms with Crippen LogP contribution in [0.2, 0.25) is 0 Å². The second-order valence-electron chi connectivity index (χ2n) is 5.86. The lowest BCUT2D eigenvalue weighted by Crippen LogP contribution is -2.46. The maximum absolute atomic E-state index is 13.4. The molecular formula is C18H19FN4O2. The van der Waals surface area contributed by atoms with Gasteiger partial charge < -0.3 is 15.5 Å².